The molecular weight excluding hydrogens is 300 g/mol. The molecule has 1 aliphatic heterocycles. The zero-order chi connectivity index (χ0) is 15.2. The van der Waals surface area contributed by atoms with Crippen molar-refractivity contribution in [3.8, 4) is 0 Å². The van der Waals surface area contributed by atoms with Crippen LogP contribution in [0.2, 0.25) is 0 Å². The molecule has 2 heterocycles. The zero-order valence-electron chi connectivity index (χ0n) is 14.0. The molecule has 0 N–H and O–H groups in total. The van der Waals surface area contributed by atoms with Gasteiger partial charge in [-0.2, -0.15) is 0 Å². The maximum Gasteiger partial charge on any atom is 0.225 e. The second-order valence-electron chi connectivity index (χ2n) is 5.92. The molecule has 1 amide bonds. The van der Waals surface area contributed by atoms with E-state index in [9.17, 15) is 4.79 Å². The van der Waals surface area contributed by atoms with Crippen molar-refractivity contribution in [1.82, 2.24) is 14.5 Å². The van der Waals surface area contributed by atoms with Gasteiger partial charge in [0.15, 0.2) is 0 Å². The summed E-state index contributed by atoms with van der Waals surface area (Å²) in [4.78, 5) is 21.3. The predicted molar refractivity (Wildman–Crippen MR) is 92.6 cm³/mol. The zero-order valence-corrected chi connectivity index (χ0v) is 14.8. The lowest BCUT2D eigenvalue weighted by atomic mass is 9.96. The smallest absolute Gasteiger partial charge is 0.225 e. The summed E-state index contributed by atoms with van der Waals surface area (Å²) >= 11 is 0. The van der Waals surface area contributed by atoms with Gasteiger partial charge < -0.3 is 14.4 Å². The first-order chi connectivity index (χ1) is 10.2. The number of hydrogen-bond donors (Lipinski definition) is 0. The number of amides is 1. The quantitative estimate of drug-likeness (QED) is 0.806. The molecule has 1 aliphatic rings. The number of hydrogen-bond acceptors (Lipinski definition) is 3. The molecule has 5 nitrogen and oxygen atoms in total. The first-order valence-corrected chi connectivity index (χ1v) is 8.18. The van der Waals surface area contributed by atoms with Crippen LogP contribution in [0.15, 0.2) is 12.4 Å². The van der Waals surface area contributed by atoms with Crippen LogP contribution in [0.4, 0.5) is 5.95 Å². The van der Waals surface area contributed by atoms with Gasteiger partial charge >= 0.3 is 0 Å². The van der Waals surface area contributed by atoms with Crippen molar-refractivity contribution in [1.29, 1.82) is 0 Å². The lowest BCUT2D eigenvalue weighted by Crippen LogP contribution is -2.51. The van der Waals surface area contributed by atoms with Gasteiger partial charge in [-0.05, 0) is 12.8 Å². The number of piperazine rings is 1. The molecule has 126 valence electrons. The molecule has 1 aromatic rings. The number of nitrogens with zero attached hydrogens (tertiary/aromatic N) is 4. The van der Waals surface area contributed by atoms with Gasteiger partial charge in [0.05, 0.1) is 0 Å². The normalized spacial score (nSPS) is 15.1. The Bertz CT molecular complexity index is 449. The number of aryl methyl sites for hydroxylation is 1. The van der Waals surface area contributed by atoms with Crippen LogP contribution < -0.4 is 4.90 Å². The minimum Gasteiger partial charge on any atom is -0.339 e. The van der Waals surface area contributed by atoms with Gasteiger partial charge in [0.25, 0.3) is 0 Å². The maximum absolute atomic E-state index is 12.6. The van der Waals surface area contributed by atoms with Crippen molar-refractivity contribution >= 4 is 24.3 Å². The van der Waals surface area contributed by atoms with E-state index in [1.807, 2.05) is 24.0 Å². The molecule has 0 spiro atoms. The molecular formula is C16H29ClN4O. The standard InChI is InChI=1S/C16H28N4O.ClH/c1-4-6-14(7-5-2)15(21)19-10-12-20(13-11-19)16-17-8-9-18(16)3;/h8-9,14H,4-7,10-13H2,1-3H3;1H. The lowest BCUT2D eigenvalue weighted by Gasteiger charge is -2.36. The second kappa shape index (κ2) is 9.03. The van der Waals surface area contributed by atoms with Gasteiger partial charge in [-0.15, -0.1) is 12.4 Å². The van der Waals surface area contributed by atoms with Crippen molar-refractivity contribution in [3.05, 3.63) is 12.4 Å². The minimum atomic E-state index is 0. The third kappa shape index (κ3) is 4.38. The molecule has 1 saturated heterocycles. The molecule has 0 saturated carbocycles. The average Bonchev–Trinajstić information content (AvgIpc) is 2.93. The van der Waals surface area contributed by atoms with Gasteiger partial charge in [0, 0.05) is 51.5 Å². The van der Waals surface area contributed by atoms with Gasteiger partial charge in [-0.1, -0.05) is 26.7 Å². The summed E-state index contributed by atoms with van der Waals surface area (Å²) in [5.41, 5.74) is 0. The van der Waals surface area contributed by atoms with Crippen molar-refractivity contribution in [2.75, 3.05) is 31.1 Å². The largest absolute Gasteiger partial charge is 0.339 e. The number of aromatic nitrogens is 2. The predicted octanol–water partition coefficient (Wildman–Crippen LogP) is 2.71. The van der Waals surface area contributed by atoms with E-state index in [4.69, 9.17) is 0 Å². The Morgan fingerprint density at radius 1 is 1.18 bits per heavy atom. The maximum atomic E-state index is 12.6. The Morgan fingerprint density at radius 2 is 1.77 bits per heavy atom. The van der Waals surface area contributed by atoms with E-state index in [0.29, 0.717) is 5.91 Å². The SMILES string of the molecule is CCCC(CCC)C(=O)N1CCN(c2nccn2C)CC1.Cl. The molecule has 0 unspecified atom stereocenters. The number of carbonyl (C=O) groups is 1. The Hall–Kier alpha value is -1.23. The van der Waals surface area contributed by atoms with Gasteiger partial charge in [0.2, 0.25) is 11.9 Å². The van der Waals surface area contributed by atoms with Crippen LogP contribution in [0.1, 0.15) is 39.5 Å². The molecule has 6 heteroatoms. The number of anilines is 1. The molecule has 0 radical (unpaired) electrons. The topological polar surface area (TPSA) is 41.4 Å². The lowest BCUT2D eigenvalue weighted by molar-refractivity contribution is -0.136. The van der Waals surface area contributed by atoms with E-state index < -0.39 is 0 Å². The minimum absolute atomic E-state index is 0. The van der Waals surface area contributed by atoms with Crippen molar-refractivity contribution < 1.29 is 4.79 Å². The van der Waals surface area contributed by atoms with Crippen LogP contribution in [0, 0.1) is 5.92 Å². The third-order valence-corrected chi connectivity index (χ3v) is 4.29. The van der Waals surface area contributed by atoms with Crippen molar-refractivity contribution in [3.63, 3.8) is 0 Å². The molecule has 2 rings (SSSR count). The molecule has 0 atom stereocenters. The van der Waals surface area contributed by atoms with E-state index in [-0.39, 0.29) is 18.3 Å². The molecule has 1 fully saturated rings. The van der Waals surface area contributed by atoms with Gasteiger partial charge in [-0.25, -0.2) is 4.98 Å². The number of carbonyl (C=O) groups excluding carboxylic acids is 1. The van der Waals surface area contributed by atoms with Crippen molar-refractivity contribution in [2.24, 2.45) is 13.0 Å². The number of imidazole rings is 1. The second-order valence-corrected chi connectivity index (χ2v) is 5.92. The van der Waals surface area contributed by atoms with E-state index in [2.05, 4.69) is 28.6 Å². The Balaban J connectivity index is 0.00000242. The Morgan fingerprint density at radius 3 is 2.23 bits per heavy atom. The van der Waals surface area contributed by atoms with Gasteiger partial charge in [0.1, 0.15) is 0 Å². The highest BCUT2D eigenvalue weighted by Gasteiger charge is 2.27. The van der Waals surface area contributed by atoms with E-state index >= 15 is 0 Å². The van der Waals surface area contributed by atoms with Crippen LogP contribution in [0.3, 0.4) is 0 Å². The Labute approximate surface area is 140 Å². The van der Waals surface area contributed by atoms with E-state index in [1.54, 1.807) is 0 Å². The highest BCUT2D eigenvalue weighted by molar-refractivity contribution is 5.85. The summed E-state index contributed by atoms with van der Waals surface area (Å²) in [7, 11) is 2.01. The summed E-state index contributed by atoms with van der Waals surface area (Å²) in [6.07, 6.45) is 8.00. The highest BCUT2D eigenvalue weighted by Crippen LogP contribution is 2.19. The van der Waals surface area contributed by atoms with Crippen LogP contribution in [-0.2, 0) is 11.8 Å². The first kappa shape index (κ1) is 18.8. The number of rotatable bonds is 6. The highest BCUT2D eigenvalue weighted by atomic mass is 35.5. The van der Waals surface area contributed by atoms with Crippen LogP contribution in [0.5, 0.6) is 0 Å². The van der Waals surface area contributed by atoms with E-state index in [0.717, 1.165) is 57.8 Å². The molecule has 0 aromatic carbocycles. The van der Waals surface area contributed by atoms with E-state index in [1.165, 1.54) is 0 Å². The van der Waals surface area contributed by atoms with Crippen LogP contribution >= 0.6 is 12.4 Å². The number of halogens is 1. The fraction of sp³-hybridized carbons (Fsp3) is 0.750. The summed E-state index contributed by atoms with van der Waals surface area (Å²) in [6.45, 7) is 7.71. The summed E-state index contributed by atoms with van der Waals surface area (Å²) < 4.78 is 2.04. The molecule has 22 heavy (non-hydrogen) atoms. The third-order valence-electron chi connectivity index (χ3n) is 4.29. The summed E-state index contributed by atoms with van der Waals surface area (Å²) in [6, 6.07) is 0. The van der Waals surface area contributed by atoms with Crippen LogP contribution in [0.25, 0.3) is 0 Å². The summed E-state index contributed by atoms with van der Waals surface area (Å²) in [5, 5.41) is 0. The van der Waals surface area contributed by atoms with Gasteiger partial charge in [-0.3, -0.25) is 4.79 Å². The van der Waals surface area contributed by atoms with Crippen LogP contribution in [-0.4, -0.2) is 46.5 Å². The summed E-state index contributed by atoms with van der Waals surface area (Å²) in [5.74, 6) is 1.58. The van der Waals surface area contributed by atoms with Crippen molar-refractivity contribution in [2.45, 2.75) is 39.5 Å². The average molecular weight is 329 g/mol. The first-order valence-electron chi connectivity index (χ1n) is 8.18. The fourth-order valence-corrected chi connectivity index (χ4v) is 3.14. The molecule has 1 aromatic heterocycles. The molecule has 0 aliphatic carbocycles. The molecule has 0 bridgehead atoms. The fourth-order valence-electron chi connectivity index (χ4n) is 3.14. The monoisotopic (exact) mass is 328 g/mol. The Kier molecular flexibility index (Phi) is 7.73.